The van der Waals surface area contributed by atoms with Crippen LogP contribution in [0.1, 0.15) is 20.8 Å². The summed E-state index contributed by atoms with van der Waals surface area (Å²) in [7, 11) is 0. The summed E-state index contributed by atoms with van der Waals surface area (Å²) >= 11 is 3.43. The summed E-state index contributed by atoms with van der Waals surface area (Å²) in [5.74, 6) is 1.60. The van der Waals surface area contributed by atoms with Crippen LogP contribution in [0.2, 0.25) is 0 Å². The van der Waals surface area contributed by atoms with Gasteiger partial charge in [-0.3, -0.25) is 0 Å². The number of benzene rings is 1. The molecule has 0 fully saturated rings. The van der Waals surface area contributed by atoms with Crippen LogP contribution in [0.15, 0.2) is 24.3 Å². The Hall–Kier alpha value is -0.700. The molecule has 0 bridgehead atoms. The fourth-order valence-corrected chi connectivity index (χ4v) is 1.25. The number of alkyl halides is 1. The van der Waals surface area contributed by atoms with Gasteiger partial charge in [0.2, 0.25) is 0 Å². The zero-order chi connectivity index (χ0) is 11.3. The van der Waals surface area contributed by atoms with Crippen molar-refractivity contribution in [2.75, 3.05) is 11.9 Å². The lowest BCUT2D eigenvalue weighted by molar-refractivity contribution is 0.130. The summed E-state index contributed by atoms with van der Waals surface area (Å²) in [6, 6.07) is 7.74. The molecule has 0 aromatic heterocycles. The van der Waals surface area contributed by atoms with E-state index in [4.69, 9.17) is 9.47 Å². The fraction of sp³-hybridized carbons (Fsp3) is 0.500. The molecule has 84 valence electrons. The van der Waals surface area contributed by atoms with Gasteiger partial charge in [0, 0.05) is 5.33 Å². The summed E-state index contributed by atoms with van der Waals surface area (Å²) in [5, 5.41) is 0.778. The third-order valence-electron chi connectivity index (χ3n) is 1.86. The number of hydrogen-bond donors (Lipinski definition) is 0. The molecule has 0 saturated heterocycles. The molecule has 0 atom stereocenters. The number of para-hydroxylation sites is 2. The maximum atomic E-state index is 5.86. The minimum absolute atomic E-state index is 0.229. The van der Waals surface area contributed by atoms with Gasteiger partial charge in [-0.05, 0) is 32.9 Å². The molecule has 0 N–H and O–H groups in total. The van der Waals surface area contributed by atoms with Gasteiger partial charge < -0.3 is 9.47 Å². The van der Waals surface area contributed by atoms with Gasteiger partial charge in [-0.2, -0.15) is 0 Å². The zero-order valence-corrected chi connectivity index (χ0v) is 11.0. The van der Waals surface area contributed by atoms with Crippen molar-refractivity contribution in [2.45, 2.75) is 26.4 Å². The topological polar surface area (TPSA) is 18.5 Å². The second-order valence-corrected chi connectivity index (χ2v) is 4.44. The third-order valence-corrected chi connectivity index (χ3v) is 3.21. The lowest BCUT2D eigenvalue weighted by Crippen LogP contribution is -2.30. The molecule has 0 aliphatic carbocycles. The molecule has 0 amide bonds. The molecule has 0 unspecified atom stereocenters. The summed E-state index contributed by atoms with van der Waals surface area (Å²) < 4.78 is 11.3. The maximum Gasteiger partial charge on any atom is 0.162 e. The van der Waals surface area contributed by atoms with E-state index in [1.165, 1.54) is 0 Å². The van der Waals surface area contributed by atoms with Crippen molar-refractivity contribution in [1.29, 1.82) is 0 Å². The molecule has 1 aromatic rings. The lowest BCUT2D eigenvalue weighted by Gasteiger charge is -2.25. The van der Waals surface area contributed by atoms with E-state index in [1.54, 1.807) is 0 Å². The Kier molecular flexibility index (Phi) is 4.45. The first-order valence-corrected chi connectivity index (χ1v) is 6.18. The summed E-state index contributed by atoms with van der Waals surface area (Å²) in [6.07, 6.45) is 0. The fourth-order valence-electron chi connectivity index (χ4n) is 1.13. The van der Waals surface area contributed by atoms with Crippen molar-refractivity contribution in [3.8, 4) is 11.5 Å². The smallest absolute Gasteiger partial charge is 0.162 e. The van der Waals surface area contributed by atoms with Crippen molar-refractivity contribution in [2.24, 2.45) is 0 Å². The van der Waals surface area contributed by atoms with Crippen molar-refractivity contribution < 1.29 is 9.47 Å². The van der Waals surface area contributed by atoms with Crippen LogP contribution in [0, 0.1) is 0 Å². The molecule has 0 saturated carbocycles. The Morgan fingerprint density at radius 3 is 2.33 bits per heavy atom. The van der Waals surface area contributed by atoms with E-state index in [2.05, 4.69) is 15.9 Å². The zero-order valence-electron chi connectivity index (χ0n) is 9.42. The van der Waals surface area contributed by atoms with Crippen LogP contribution in [0.5, 0.6) is 11.5 Å². The van der Waals surface area contributed by atoms with Gasteiger partial charge in [-0.25, -0.2) is 0 Å². The summed E-state index contributed by atoms with van der Waals surface area (Å²) in [6.45, 7) is 6.68. The van der Waals surface area contributed by atoms with Crippen molar-refractivity contribution in [3.05, 3.63) is 24.3 Å². The second-order valence-electron chi connectivity index (χ2n) is 3.88. The predicted octanol–water partition coefficient (Wildman–Crippen LogP) is 3.64. The minimum Gasteiger partial charge on any atom is -0.490 e. The predicted molar refractivity (Wildman–Crippen MR) is 66.1 cm³/mol. The average Bonchev–Trinajstić information content (AvgIpc) is 2.21. The van der Waals surface area contributed by atoms with Crippen molar-refractivity contribution >= 4 is 15.9 Å². The molecule has 0 heterocycles. The Morgan fingerprint density at radius 1 is 1.20 bits per heavy atom. The monoisotopic (exact) mass is 272 g/mol. The highest BCUT2D eigenvalue weighted by Crippen LogP contribution is 2.30. The first-order valence-electron chi connectivity index (χ1n) is 5.06. The Morgan fingerprint density at radius 2 is 1.80 bits per heavy atom. The second kappa shape index (κ2) is 5.40. The maximum absolute atomic E-state index is 5.86. The van der Waals surface area contributed by atoms with E-state index >= 15 is 0 Å². The normalized spacial score (nSPS) is 11.2. The largest absolute Gasteiger partial charge is 0.490 e. The molecule has 15 heavy (non-hydrogen) atoms. The van der Waals surface area contributed by atoms with Gasteiger partial charge in [0.1, 0.15) is 5.60 Å². The van der Waals surface area contributed by atoms with E-state index in [9.17, 15) is 0 Å². The molecule has 1 rings (SSSR count). The number of hydrogen-bond acceptors (Lipinski definition) is 2. The van der Waals surface area contributed by atoms with E-state index in [0.717, 1.165) is 16.8 Å². The summed E-state index contributed by atoms with van der Waals surface area (Å²) in [4.78, 5) is 0. The van der Waals surface area contributed by atoms with Crippen LogP contribution in [-0.4, -0.2) is 17.5 Å². The highest BCUT2D eigenvalue weighted by molar-refractivity contribution is 9.09. The van der Waals surface area contributed by atoms with Crippen molar-refractivity contribution in [1.82, 2.24) is 0 Å². The van der Waals surface area contributed by atoms with Crippen LogP contribution in [-0.2, 0) is 0 Å². The van der Waals surface area contributed by atoms with Crippen molar-refractivity contribution in [3.63, 3.8) is 0 Å². The van der Waals surface area contributed by atoms with E-state index < -0.39 is 0 Å². The van der Waals surface area contributed by atoms with Gasteiger partial charge in [0.05, 0.1) is 6.61 Å². The molecule has 0 spiro atoms. The molecule has 0 aliphatic heterocycles. The van der Waals surface area contributed by atoms with Crippen LogP contribution >= 0.6 is 15.9 Å². The number of rotatable bonds is 5. The van der Waals surface area contributed by atoms with Gasteiger partial charge in [-0.1, -0.05) is 28.1 Å². The Bertz CT molecular complexity index is 310. The number of ether oxygens (including phenoxy) is 2. The highest BCUT2D eigenvalue weighted by atomic mass is 79.9. The van der Waals surface area contributed by atoms with Crippen LogP contribution in [0.25, 0.3) is 0 Å². The van der Waals surface area contributed by atoms with Gasteiger partial charge in [0.15, 0.2) is 11.5 Å². The first kappa shape index (κ1) is 12.4. The molecule has 1 aromatic carbocycles. The van der Waals surface area contributed by atoms with Gasteiger partial charge >= 0.3 is 0 Å². The Labute approximate surface area is 99.7 Å². The van der Waals surface area contributed by atoms with Gasteiger partial charge in [0.25, 0.3) is 0 Å². The highest BCUT2D eigenvalue weighted by Gasteiger charge is 2.19. The lowest BCUT2D eigenvalue weighted by atomic mass is 10.2. The van der Waals surface area contributed by atoms with E-state index in [0.29, 0.717) is 6.61 Å². The molecule has 3 heteroatoms. The summed E-state index contributed by atoms with van der Waals surface area (Å²) in [5.41, 5.74) is -0.229. The standard InChI is InChI=1S/C12H17BrO2/c1-4-14-10-7-5-6-8-11(10)15-12(2,3)9-13/h5-8H,4,9H2,1-3H3. The number of halogens is 1. The quantitative estimate of drug-likeness (QED) is 0.762. The first-order chi connectivity index (χ1) is 7.09. The average molecular weight is 273 g/mol. The third kappa shape index (κ3) is 3.74. The minimum atomic E-state index is -0.229. The van der Waals surface area contributed by atoms with E-state index in [1.807, 2.05) is 45.0 Å². The molecular weight excluding hydrogens is 256 g/mol. The molecule has 0 radical (unpaired) electrons. The Balaban J connectivity index is 2.84. The molecule has 2 nitrogen and oxygen atoms in total. The van der Waals surface area contributed by atoms with Crippen LogP contribution in [0.3, 0.4) is 0 Å². The van der Waals surface area contributed by atoms with Crippen LogP contribution in [0.4, 0.5) is 0 Å². The molecule has 0 aliphatic rings. The SMILES string of the molecule is CCOc1ccccc1OC(C)(C)CBr. The van der Waals surface area contributed by atoms with Gasteiger partial charge in [-0.15, -0.1) is 0 Å². The van der Waals surface area contributed by atoms with Crippen LogP contribution < -0.4 is 9.47 Å². The van der Waals surface area contributed by atoms with E-state index in [-0.39, 0.29) is 5.60 Å². The molecular formula is C12H17BrO2.